The molecule has 2 heteroatoms. The van der Waals surface area contributed by atoms with E-state index in [2.05, 4.69) is 0 Å². The molecule has 2 aromatic rings. The number of hydrogen-bond acceptors (Lipinski definition) is 2. The number of carbonyl (C=O) groups excluding carboxylic acids is 1. The van der Waals surface area contributed by atoms with Gasteiger partial charge in [0, 0.05) is 5.56 Å². The third-order valence-corrected chi connectivity index (χ3v) is 2.30. The standard InChI is InChI=1S/C15H12O2/c16-13(11-7-3-1-4-8-11)15-14(17-15)12-9-5-2-6-10-12/h1-10,14-15H/t14-,15-/m0/s1/i1D,2D,3D,4D,5D,6D,7D,8D,9D,10D. The Morgan fingerprint density at radius 2 is 1.59 bits per heavy atom. The van der Waals surface area contributed by atoms with Gasteiger partial charge in [0.15, 0.2) is 11.9 Å². The fourth-order valence-electron chi connectivity index (χ4n) is 1.45. The summed E-state index contributed by atoms with van der Waals surface area (Å²) in [5.41, 5.74) is -0.757. The first-order valence-electron chi connectivity index (χ1n) is 9.84. The van der Waals surface area contributed by atoms with Crippen molar-refractivity contribution in [3.63, 3.8) is 0 Å². The predicted octanol–water partition coefficient (Wildman–Crippen LogP) is 3.01. The molecule has 1 heterocycles. The zero-order valence-electron chi connectivity index (χ0n) is 18.5. The van der Waals surface area contributed by atoms with Crippen LogP contribution >= 0.6 is 0 Å². The number of epoxide rings is 1. The monoisotopic (exact) mass is 234 g/mol. The van der Waals surface area contributed by atoms with Gasteiger partial charge >= 0.3 is 0 Å². The van der Waals surface area contributed by atoms with Crippen molar-refractivity contribution in [2.24, 2.45) is 0 Å². The Morgan fingerprint density at radius 1 is 1.00 bits per heavy atom. The summed E-state index contributed by atoms with van der Waals surface area (Å²) in [6.45, 7) is 0. The quantitative estimate of drug-likeness (QED) is 0.603. The van der Waals surface area contributed by atoms with Crippen molar-refractivity contribution in [2.75, 3.05) is 0 Å². The van der Waals surface area contributed by atoms with E-state index < -0.39 is 84.0 Å². The van der Waals surface area contributed by atoms with Crippen LogP contribution in [0.25, 0.3) is 0 Å². The molecule has 0 radical (unpaired) electrons. The summed E-state index contributed by atoms with van der Waals surface area (Å²) in [6.07, 6.45) is -2.44. The van der Waals surface area contributed by atoms with Gasteiger partial charge in [-0.25, -0.2) is 0 Å². The number of ether oxygens (including phenoxy) is 1. The Kier molecular flexibility index (Phi) is 0.994. The maximum Gasteiger partial charge on any atom is 0.194 e. The fraction of sp³-hybridized carbons (Fsp3) is 0.133. The summed E-state index contributed by atoms with van der Waals surface area (Å²) >= 11 is 0. The normalized spacial score (nSPS) is 30.4. The minimum absolute atomic E-state index is 0.202. The number of hydrogen-bond donors (Lipinski definition) is 0. The lowest BCUT2D eigenvalue weighted by Gasteiger charge is -1.96. The number of ketones is 1. The highest BCUT2D eigenvalue weighted by atomic mass is 16.6. The molecule has 17 heavy (non-hydrogen) atoms. The lowest BCUT2D eigenvalue weighted by molar-refractivity contribution is 0.0953. The van der Waals surface area contributed by atoms with E-state index >= 15 is 0 Å². The van der Waals surface area contributed by atoms with E-state index in [1.165, 1.54) is 0 Å². The second kappa shape index (κ2) is 4.15. The van der Waals surface area contributed by atoms with Crippen LogP contribution in [0, 0.1) is 0 Å². The summed E-state index contributed by atoms with van der Waals surface area (Å²) in [4.78, 5) is 12.7. The second-order valence-electron chi connectivity index (χ2n) is 3.38. The van der Waals surface area contributed by atoms with Crippen molar-refractivity contribution in [1.82, 2.24) is 0 Å². The zero-order valence-corrected chi connectivity index (χ0v) is 8.47. The van der Waals surface area contributed by atoms with Crippen LogP contribution in [0.5, 0.6) is 0 Å². The van der Waals surface area contributed by atoms with Gasteiger partial charge < -0.3 is 4.74 Å². The first-order valence-corrected chi connectivity index (χ1v) is 4.84. The Balaban J connectivity index is 2.04. The minimum Gasteiger partial charge on any atom is -0.356 e. The van der Waals surface area contributed by atoms with E-state index in [1.54, 1.807) is 0 Å². The van der Waals surface area contributed by atoms with Crippen LogP contribution in [0.1, 0.15) is 35.7 Å². The van der Waals surface area contributed by atoms with Crippen LogP contribution in [0.15, 0.2) is 60.4 Å². The predicted molar refractivity (Wildman–Crippen MR) is 64.8 cm³/mol. The van der Waals surface area contributed by atoms with Gasteiger partial charge in [0.25, 0.3) is 0 Å². The van der Waals surface area contributed by atoms with E-state index in [4.69, 9.17) is 18.4 Å². The molecule has 84 valence electrons. The molecular formula is C15H12O2. The lowest BCUT2D eigenvalue weighted by Crippen LogP contribution is -2.07. The third kappa shape index (κ3) is 1.99. The van der Waals surface area contributed by atoms with E-state index in [-0.39, 0.29) is 5.56 Å². The summed E-state index contributed by atoms with van der Waals surface area (Å²) in [7, 11) is 0. The molecule has 0 aliphatic carbocycles. The third-order valence-electron chi connectivity index (χ3n) is 2.30. The van der Waals surface area contributed by atoms with E-state index in [0.29, 0.717) is 0 Å². The average Bonchev–Trinajstić information content (AvgIpc) is 3.42. The highest BCUT2D eigenvalue weighted by Gasteiger charge is 2.45. The molecule has 0 spiro atoms. The number of carbonyl (C=O) groups is 1. The lowest BCUT2D eigenvalue weighted by atomic mass is 10.0. The molecule has 2 aromatic carbocycles. The summed E-state index contributed by atoms with van der Waals surface area (Å²) in [6, 6.07) is -6.08. The molecule has 0 amide bonds. The molecule has 1 aliphatic rings. The summed E-state index contributed by atoms with van der Waals surface area (Å²) < 4.78 is 82.4. The van der Waals surface area contributed by atoms with E-state index in [9.17, 15) is 4.79 Å². The van der Waals surface area contributed by atoms with Crippen LogP contribution in [0.2, 0.25) is 0 Å². The van der Waals surface area contributed by atoms with Crippen molar-refractivity contribution in [2.45, 2.75) is 12.2 Å². The van der Waals surface area contributed by atoms with Gasteiger partial charge in [0.2, 0.25) is 0 Å². The van der Waals surface area contributed by atoms with Crippen molar-refractivity contribution >= 4 is 5.78 Å². The molecule has 2 atom stereocenters. The Labute approximate surface area is 114 Å². The molecule has 2 nitrogen and oxygen atoms in total. The summed E-state index contributed by atoms with van der Waals surface area (Å²) in [5, 5.41) is 0. The molecule has 1 aliphatic heterocycles. The largest absolute Gasteiger partial charge is 0.356 e. The molecular weight excluding hydrogens is 212 g/mol. The number of rotatable bonds is 3. The molecule has 0 saturated carbocycles. The first-order chi connectivity index (χ1) is 12.5. The topological polar surface area (TPSA) is 29.6 Å². The molecule has 0 N–H and O–H groups in total. The van der Waals surface area contributed by atoms with Crippen LogP contribution in [-0.2, 0) is 4.74 Å². The smallest absolute Gasteiger partial charge is 0.194 e. The average molecular weight is 234 g/mol. The second-order valence-corrected chi connectivity index (χ2v) is 3.38. The maximum atomic E-state index is 12.7. The number of benzene rings is 2. The van der Waals surface area contributed by atoms with Gasteiger partial charge in [-0.2, -0.15) is 0 Å². The van der Waals surface area contributed by atoms with Crippen molar-refractivity contribution in [3.05, 3.63) is 71.6 Å². The van der Waals surface area contributed by atoms with Crippen molar-refractivity contribution < 1.29 is 23.2 Å². The molecule has 0 unspecified atom stereocenters. The van der Waals surface area contributed by atoms with Crippen LogP contribution in [-0.4, -0.2) is 11.9 Å². The first kappa shape index (κ1) is 4.07. The Morgan fingerprint density at radius 3 is 2.24 bits per heavy atom. The maximum absolute atomic E-state index is 12.7. The molecule has 1 saturated heterocycles. The van der Waals surface area contributed by atoms with Crippen molar-refractivity contribution in [1.29, 1.82) is 0 Å². The molecule has 3 rings (SSSR count). The van der Waals surface area contributed by atoms with Crippen LogP contribution in [0.4, 0.5) is 0 Å². The molecule has 0 bridgehead atoms. The van der Waals surface area contributed by atoms with Gasteiger partial charge in [0.1, 0.15) is 6.10 Å². The zero-order chi connectivity index (χ0) is 20.4. The minimum atomic E-state index is -1.29. The highest BCUT2D eigenvalue weighted by Crippen LogP contribution is 2.40. The van der Waals surface area contributed by atoms with Crippen molar-refractivity contribution in [3.8, 4) is 0 Å². The highest BCUT2D eigenvalue weighted by molar-refractivity contribution is 6.01. The molecule has 1 fully saturated rings. The molecule has 0 aromatic heterocycles. The van der Waals surface area contributed by atoms with E-state index in [1.807, 2.05) is 0 Å². The van der Waals surface area contributed by atoms with Crippen LogP contribution < -0.4 is 0 Å². The van der Waals surface area contributed by atoms with Gasteiger partial charge in [-0.15, -0.1) is 0 Å². The van der Waals surface area contributed by atoms with Gasteiger partial charge in [-0.1, -0.05) is 60.4 Å². The van der Waals surface area contributed by atoms with Crippen LogP contribution in [0.3, 0.4) is 0 Å². The summed E-state index contributed by atoms with van der Waals surface area (Å²) in [5.74, 6) is -0.899. The fourth-order valence-corrected chi connectivity index (χ4v) is 1.45. The number of Topliss-reactive ketones (excluding diaryl/α,β-unsaturated/α-hetero) is 1. The van der Waals surface area contributed by atoms with E-state index in [0.717, 1.165) is 0 Å². The Bertz CT molecular complexity index is 945. The van der Waals surface area contributed by atoms with Gasteiger partial charge in [-0.05, 0) is 5.56 Å². The SMILES string of the molecule is [2H]c1c([2H])c([2H])c(C(=O)[C@@H]2O[C@H]2c2c([2H])c([2H])c([2H])c([2H])c2[2H])c([2H])c1[2H]. The van der Waals surface area contributed by atoms with Gasteiger partial charge in [-0.3, -0.25) is 4.79 Å². The Hall–Kier alpha value is -1.93. The van der Waals surface area contributed by atoms with Gasteiger partial charge in [0.05, 0.1) is 13.7 Å².